The molecule has 1 N–H and O–H groups in total. The first-order valence-electron chi connectivity index (χ1n) is 10.1. The Kier molecular flexibility index (Phi) is 5.04. The molecule has 4 rings (SSSR count). The van der Waals surface area contributed by atoms with Crippen molar-refractivity contribution in [2.75, 3.05) is 20.2 Å². The van der Waals surface area contributed by atoms with Crippen molar-refractivity contribution in [1.29, 1.82) is 0 Å². The summed E-state index contributed by atoms with van der Waals surface area (Å²) in [4.78, 5) is 15.6. The zero-order valence-corrected chi connectivity index (χ0v) is 17.6. The van der Waals surface area contributed by atoms with Gasteiger partial charge in [-0.05, 0) is 68.9 Å². The number of ether oxygens (including phenoxy) is 1. The van der Waals surface area contributed by atoms with E-state index in [1.165, 1.54) is 0 Å². The maximum atomic E-state index is 13.5. The largest absolute Gasteiger partial charge is 0.496 e. The van der Waals surface area contributed by atoms with Crippen molar-refractivity contribution in [3.63, 3.8) is 0 Å². The van der Waals surface area contributed by atoms with E-state index in [4.69, 9.17) is 17.0 Å². The van der Waals surface area contributed by atoms with E-state index >= 15 is 0 Å². The number of hydrogen-bond donors (Lipinski definition) is 1. The molecular formula is C21H28N4O2S. The minimum Gasteiger partial charge on any atom is -0.496 e. The first-order valence-corrected chi connectivity index (χ1v) is 10.5. The highest BCUT2D eigenvalue weighted by molar-refractivity contribution is 7.71. The van der Waals surface area contributed by atoms with Gasteiger partial charge in [-0.3, -0.25) is 9.89 Å². The second kappa shape index (κ2) is 7.35. The molecule has 1 aromatic carbocycles. The third-order valence-electron chi connectivity index (χ3n) is 6.30. The summed E-state index contributed by atoms with van der Waals surface area (Å²) < 4.78 is 8.19. The van der Waals surface area contributed by atoms with E-state index in [9.17, 15) is 4.79 Å². The molecule has 28 heavy (non-hydrogen) atoms. The number of hydrogen-bond acceptors (Lipinski definition) is 4. The number of aryl methyl sites for hydroxylation is 1. The Morgan fingerprint density at radius 1 is 1.43 bits per heavy atom. The Morgan fingerprint density at radius 3 is 2.89 bits per heavy atom. The van der Waals surface area contributed by atoms with Crippen LogP contribution in [0.1, 0.15) is 55.5 Å². The molecule has 2 fully saturated rings. The molecule has 150 valence electrons. The smallest absolute Gasteiger partial charge is 0.233 e. The number of aromatic nitrogens is 3. The second-order valence-electron chi connectivity index (χ2n) is 7.99. The quantitative estimate of drug-likeness (QED) is 0.777. The van der Waals surface area contributed by atoms with Gasteiger partial charge in [0.2, 0.25) is 5.91 Å². The van der Waals surface area contributed by atoms with Gasteiger partial charge in [-0.25, -0.2) is 0 Å². The van der Waals surface area contributed by atoms with Gasteiger partial charge < -0.3 is 14.2 Å². The number of benzene rings is 1. The highest BCUT2D eigenvalue weighted by atomic mass is 32.1. The molecule has 1 unspecified atom stereocenters. The van der Waals surface area contributed by atoms with Gasteiger partial charge in [0.15, 0.2) is 4.77 Å². The zero-order chi connectivity index (χ0) is 19.9. The van der Waals surface area contributed by atoms with Crippen LogP contribution in [0.4, 0.5) is 0 Å². The number of methoxy groups -OCH3 is 1. The van der Waals surface area contributed by atoms with Crippen molar-refractivity contribution < 1.29 is 9.53 Å². The molecule has 1 amide bonds. The molecule has 6 nitrogen and oxygen atoms in total. The number of aromatic amines is 1. The van der Waals surface area contributed by atoms with Crippen molar-refractivity contribution in [2.24, 2.45) is 0 Å². The van der Waals surface area contributed by atoms with Crippen LogP contribution in [0.5, 0.6) is 5.75 Å². The van der Waals surface area contributed by atoms with Crippen LogP contribution < -0.4 is 4.74 Å². The van der Waals surface area contributed by atoms with Crippen LogP contribution in [0.15, 0.2) is 18.2 Å². The SMILES string of the molecule is CCn1c(C2CCCN(C(=O)C3(c4ccc(C)c(OC)c4)CC3)C2)n[nH]c1=S. The van der Waals surface area contributed by atoms with Gasteiger partial charge >= 0.3 is 0 Å². The number of amides is 1. The Morgan fingerprint density at radius 2 is 2.21 bits per heavy atom. The van der Waals surface area contributed by atoms with Gasteiger partial charge in [0.25, 0.3) is 0 Å². The van der Waals surface area contributed by atoms with Crippen molar-refractivity contribution in [3.05, 3.63) is 39.9 Å². The molecule has 0 radical (unpaired) electrons. The van der Waals surface area contributed by atoms with Gasteiger partial charge in [-0.2, -0.15) is 5.10 Å². The summed E-state index contributed by atoms with van der Waals surface area (Å²) in [5.41, 5.74) is 1.80. The number of H-pyrrole nitrogens is 1. The van der Waals surface area contributed by atoms with Gasteiger partial charge in [0.05, 0.1) is 12.5 Å². The van der Waals surface area contributed by atoms with E-state index in [0.717, 1.165) is 61.5 Å². The monoisotopic (exact) mass is 400 g/mol. The fraction of sp³-hybridized carbons (Fsp3) is 0.571. The van der Waals surface area contributed by atoms with Crippen LogP contribution in [0.2, 0.25) is 0 Å². The van der Waals surface area contributed by atoms with Gasteiger partial charge in [0, 0.05) is 25.6 Å². The summed E-state index contributed by atoms with van der Waals surface area (Å²) in [5, 5.41) is 7.38. The zero-order valence-electron chi connectivity index (χ0n) is 16.8. The lowest BCUT2D eigenvalue weighted by atomic mass is 9.90. The maximum Gasteiger partial charge on any atom is 0.233 e. The van der Waals surface area contributed by atoms with Crippen LogP contribution in [0.3, 0.4) is 0 Å². The Labute approximate surface area is 170 Å². The number of nitrogens with one attached hydrogen (secondary N) is 1. The first kappa shape index (κ1) is 19.2. The fourth-order valence-corrected chi connectivity index (χ4v) is 4.76. The van der Waals surface area contributed by atoms with Crippen LogP contribution in [0.25, 0.3) is 0 Å². The molecule has 1 aromatic heterocycles. The fourth-order valence-electron chi connectivity index (χ4n) is 4.49. The van der Waals surface area contributed by atoms with Crippen LogP contribution in [-0.2, 0) is 16.8 Å². The standard InChI is InChI=1S/C21H28N4O2S/c1-4-25-18(22-23-20(25)28)15-6-5-11-24(13-15)19(26)21(9-10-21)16-8-7-14(2)17(12-16)27-3/h7-8,12,15H,4-6,9-11,13H2,1-3H3,(H,23,28). The number of likely N-dealkylation sites (tertiary alicyclic amines) is 1. The van der Waals surface area contributed by atoms with Crippen molar-refractivity contribution >= 4 is 18.1 Å². The number of rotatable bonds is 5. The number of piperidine rings is 1. The average Bonchev–Trinajstić information content (AvgIpc) is 3.44. The third kappa shape index (κ3) is 3.15. The minimum atomic E-state index is -0.377. The molecule has 1 aliphatic carbocycles. The summed E-state index contributed by atoms with van der Waals surface area (Å²) >= 11 is 5.34. The predicted octanol–water partition coefficient (Wildman–Crippen LogP) is 3.72. The molecule has 1 aliphatic heterocycles. The second-order valence-corrected chi connectivity index (χ2v) is 8.37. The number of carbonyl (C=O) groups excluding carboxylic acids is 1. The van der Waals surface area contributed by atoms with Gasteiger partial charge in [0.1, 0.15) is 11.6 Å². The summed E-state index contributed by atoms with van der Waals surface area (Å²) in [6.45, 7) is 6.42. The van der Waals surface area contributed by atoms with Crippen LogP contribution >= 0.6 is 12.2 Å². The minimum absolute atomic E-state index is 0.231. The van der Waals surface area contributed by atoms with E-state index in [1.807, 2.05) is 22.5 Å². The normalized spacial score (nSPS) is 20.8. The van der Waals surface area contributed by atoms with Gasteiger partial charge in [-0.15, -0.1) is 0 Å². The molecule has 1 saturated carbocycles. The molecule has 1 saturated heterocycles. The van der Waals surface area contributed by atoms with E-state index < -0.39 is 0 Å². The third-order valence-corrected chi connectivity index (χ3v) is 6.61. The van der Waals surface area contributed by atoms with E-state index in [1.54, 1.807) is 7.11 Å². The Hall–Kier alpha value is -2.15. The highest BCUT2D eigenvalue weighted by Crippen LogP contribution is 2.51. The average molecular weight is 401 g/mol. The molecule has 2 aliphatic rings. The summed E-state index contributed by atoms with van der Waals surface area (Å²) in [7, 11) is 1.68. The van der Waals surface area contributed by atoms with Crippen LogP contribution in [0, 0.1) is 11.7 Å². The molecule has 0 spiro atoms. The topological polar surface area (TPSA) is 63.1 Å². The molecular weight excluding hydrogens is 372 g/mol. The predicted molar refractivity (Wildman–Crippen MR) is 110 cm³/mol. The summed E-state index contributed by atoms with van der Waals surface area (Å²) in [6, 6.07) is 6.19. The van der Waals surface area contributed by atoms with Crippen molar-refractivity contribution in [3.8, 4) is 5.75 Å². The van der Waals surface area contributed by atoms with E-state index in [0.29, 0.717) is 11.3 Å². The van der Waals surface area contributed by atoms with Crippen molar-refractivity contribution in [2.45, 2.75) is 57.4 Å². The lowest BCUT2D eigenvalue weighted by molar-refractivity contribution is -0.135. The lowest BCUT2D eigenvalue weighted by Gasteiger charge is -2.35. The number of nitrogens with zero attached hydrogens (tertiary/aromatic N) is 3. The van der Waals surface area contributed by atoms with Gasteiger partial charge in [-0.1, -0.05) is 12.1 Å². The Bertz CT molecular complexity index is 944. The van der Waals surface area contributed by atoms with E-state index in [2.05, 4.69) is 29.3 Å². The molecule has 2 aromatic rings. The summed E-state index contributed by atoms with van der Waals surface area (Å²) in [6.07, 6.45) is 3.85. The highest BCUT2D eigenvalue weighted by Gasteiger charge is 2.53. The van der Waals surface area contributed by atoms with E-state index in [-0.39, 0.29) is 17.2 Å². The Balaban J connectivity index is 1.57. The molecule has 7 heteroatoms. The molecule has 2 heterocycles. The molecule has 1 atom stereocenters. The number of carbonyl (C=O) groups is 1. The molecule has 0 bridgehead atoms. The van der Waals surface area contributed by atoms with Crippen LogP contribution in [-0.4, -0.2) is 45.8 Å². The maximum absolute atomic E-state index is 13.5. The lowest BCUT2D eigenvalue weighted by Crippen LogP contribution is -2.45. The summed E-state index contributed by atoms with van der Waals surface area (Å²) in [5.74, 6) is 2.31. The first-order chi connectivity index (χ1) is 13.5. The van der Waals surface area contributed by atoms with Crippen molar-refractivity contribution in [1.82, 2.24) is 19.7 Å².